The Morgan fingerprint density at radius 1 is 0.783 bits per heavy atom. The molecule has 0 unspecified atom stereocenters. The summed E-state index contributed by atoms with van der Waals surface area (Å²) in [6, 6.07) is 17.2. The van der Waals surface area contributed by atoms with E-state index in [-0.39, 0.29) is 5.76 Å². The topological polar surface area (TPSA) is 72.8 Å². The number of esters is 1. The van der Waals surface area contributed by atoms with Crippen molar-refractivity contribution in [3.8, 4) is 11.5 Å². The number of carbonyl (C=O) groups excluding carboxylic acids is 1. The minimum Gasteiger partial charge on any atom is -0.478 e. The number of hydrogen-bond donors (Lipinski definition) is 1. The lowest BCUT2D eigenvalue weighted by Crippen LogP contribution is -2.07. The molecule has 2 rings (SSSR count). The van der Waals surface area contributed by atoms with E-state index < -0.39 is 11.9 Å². The highest BCUT2D eigenvalue weighted by molar-refractivity contribution is 5.86. The molecule has 0 bridgehead atoms. The molecule has 0 heterocycles. The number of ether oxygens (including phenoxy) is 2. The number of carbonyl (C=O) groups is 2. The van der Waals surface area contributed by atoms with Crippen molar-refractivity contribution in [2.24, 2.45) is 0 Å². The highest BCUT2D eigenvalue weighted by Gasteiger charge is 2.05. The quantitative estimate of drug-likeness (QED) is 0.292. The Hall–Kier alpha value is -3.34. The smallest absolute Gasteiger partial charge is 0.339 e. The summed E-state index contributed by atoms with van der Waals surface area (Å²) in [5.41, 5.74) is 0. The zero-order valence-corrected chi connectivity index (χ0v) is 12.1. The van der Waals surface area contributed by atoms with Gasteiger partial charge in [0.25, 0.3) is 0 Å². The normalized spacial score (nSPS) is 11.2. The Labute approximate surface area is 133 Å². The van der Waals surface area contributed by atoms with Crippen LogP contribution >= 0.6 is 0 Å². The minimum atomic E-state index is -1.15. The number of carboxylic acid groups (broad SMARTS) is 1. The van der Waals surface area contributed by atoms with E-state index in [9.17, 15) is 9.59 Å². The SMILES string of the molecule is O=C(O)C=CC(=CC(=O)Oc1ccccc1)Oc1ccccc1. The molecule has 0 saturated heterocycles. The van der Waals surface area contributed by atoms with Gasteiger partial charge in [-0.15, -0.1) is 0 Å². The van der Waals surface area contributed by atoms with Crippen LogP contribution in [0.5, 0.6) is 11.5 Å². The van der Waals surface area contributed by atoms with Gasteiger partial charge in [-0.2, -0.15) is 0 Å². The van der Waals surface area contributed by atoms with Gasteiger partial charge < -0.3 is 14.6 Å². The number of para-hydroxylation sites is 2. The van der Waals surface area contributed by atoms with Gasteiger partial charge in [0.05, 0.1) is 6.08 Å². The Bertz CT molecular complexity index is 718. The second kappa shape index (κ2) is 8.19. The van der Waals surface area contributed by atoms with Gasteiger partial charge in [-0.3, -0.25) is 0 Å². The third kappa shape index (κ3) is 5.89. The molecule has 0 saturated carbocycles. The largest absolute Gasteiger partial charge is 0.478 e. The zero-order valence-electron chi connectivity index (χ0n) is 12.1. The van der Waals surface area contributed by atoms with E-state index in [0.717, 1.165) is 12.2 Å². The zero-order chi connectivity index (χ0) is 16.5. The number of allylic oxidation sites excluding steroid dienone is 1. The Kier molecular flexibility index (Phi) is 5.71. The van der Waals surface area contributed by atoms with Gasteiger partial charge in [-0.25, -0.2) is 9.59 Å². The fourth-order valence-electron chi connectivity index (χ4n) is 1.64. The summed E-state index contributed by atoms with van der Waals surface area (Å²) in [6.45, 7) is 0. The molecular formula is C18H14O5. The lowest BCUT2D eigenvalue weighted by Gasteiger charge is -2.06. The van der Waals surface area contributed by atoms with Crippen LogP contribution in [0.25, 0.3) is 0 Å². The summed E-state index contributed by atoms with van der Waals surface area (Å²) in [6.07, 6.45) is 3.14. The first-order chi connectivity index (χ1) is 11.1. The van der Waals surface area contributed by atoms with Gasteiger partial charge in [0, 0.05) is 6.08 Å². The van der Waals surface area contributed by atoms with Crippen molar-refractivity contribution in [3.05, 3.63) is 84.7 Å². The van der Waals surface area contributed by atoms with Gasteiger partial charge in [0.1, 0.15) is 17.3 Å². The summed E-state index contributed by atoms with van der Waals surface area (Å²) >= 11 is 0. The van der Waals surface area contributed by atoms with Crippen LogP contribution in [0.1, 0.15) is 0 Å². The molecule has 0 amide bonds. The fourth-order valence-corrected chi connectivity index (χ4v) is 1.64. The Morgan fingerprint density at radius 3 is 1.83 bits per heavy atom. The Morgan fingerprint density at radius 2 is 1.30 bits per heavy atom. The molecular weight excluding hydrogens is 296 g/mol. The first-order valence-corrected chi connectivity index (χ1v) is 6.76. The molecule has 0 aliphatic heterocycles. The second-order valence-corrected chi connectivity index (χ2v) is 4.37. The summed E-state index contributed by atoms with van der Waals surface area (Å²) in [5.74, 6) is -0.906. The van der Waals surface area contributed by atoms with Gasteiger partial charge in [0.2, 0.25) is 0 Å². The average molecular weight is 310 g/mol. The predicted molar refractivity (Wildman–Crippen MR) is 84.0 cm³/mol. The maximum atomic E-state index is 11.9. The summed E-state index contributed by atoms with van der Waals surface area (Å²) < 4.78 is 10.6. The molecule has 0 aliphatic carbocycles. The molecule has 116 valence electrons. The highest BCUT2D eigenvalue weighted by Crippen LogP contribution is 2.14. The van der Waals surface area contributed by atoms with Crippen molar-refractivity contribution in [1.82, 2.24) is 0 Å². The van der Waals surface area contributed by atoms with Gasteiger partial charge in [-0.1, -0.05) is 36.4 Å². The van der Waals surface area contributed by atoms with Gasteiger partial charge in [-0.05, 0) is 30.3 Å². The summed E-state index contributed by atoms with van der Waals surface area (Å²) in [7, 11) is 0. The number of carboxylic acids is 1. The molecule has 0 aliphatic rings. The first-order valence-electron chi connectivity index (χ1n) is 6.76. The van der Waals surface area contributed by atoms with E-state index in [1.807, 2.05) is 6.07 Å². The second-order valence-electron chi connectivity index (χ2n) is 4.37. The molecule has 5 heteroatoms. The minimum absolute atomic E-state index is 0.0551. The number of rotatable bonds is 6. The molecule has 0 atom stereocenters. The van der Waals surface area contributed by atoms with Crippen LogP contribution < -0.4 is 9.47 Å². The standard InChI is InChI=1S/C18H14O5/c19-17(20)12-11-16(22-14-7-3-1-4-8-14)13-18(21)23-15-9-5-2-6-10-15/h1-13H,(H,19,20). The highest BCUT2D eigenvalue weighted by atomic mass is 16.5. The molecule has 1 N–H and O–H groups in total. The molecule has 2 aromatic carbocycles. The summed E-state index contributed by atoms with van der Waals surface area (Å²) in [4.78, 5) is 22.5. The third-order valence-corrected chi connectivity index (χ3v) is 2.59. The van der Waals surface area contributed by atoms with Crippen LogP contribution in [0.15, 0.2) is 84.7 Å². The van der Waals surface area contributed by atoms with E-state index in [2.05, 4.69) is 0 Å². The van der Waals surface area contributed by atoms with Gasteiger partial charge >= 0.3 is 11.9 Å². The van der Waals surface area contributed by atoms with Crippen molar-refractivity contribution < 1.29 is 24.2 Å². The summed E-state index contributed by atoms with van der Waals surface area (Å²) in [5, 5.41) is 8.71. The monoisotopic (exact) mass is 310 g/mol. The van der Waals surface area contributed by atoms with Gasteiger partial charge in [0.15, 0.2) is 0 Å². The molecule has 0 aromatic heterocycles. The van der Waals surface area contributed by atoms with Crippen molar-refractivity contribution in [3.63, 3.8) is 0 Å². The maximum absolute atomic E-state index is 11.9. The first kappa shape index (κ1) is 16.0. The van der Waals surface area contributed by atoms with E-state index in [4.69, 9.17) is 14.6 Å². The van der Waals surface area contributed by atoms with Crippen LogP contribution in [0.4, 0.5) is 0 Å². The molecule has 0 spiro atoms. The molecule has 0 radical (unpaired) electrons. The lowest BCUT2D eigenvalue weighted by molar-refractivity contribution is -0.131. The van der Waals surface area contributed by atoms with E-state index in [0.29, 0.717) is 11.5 Å². The van der Waals surface area contributed by atoms with Crippen molar-refractivity contribution in [2.75, 3.05) is 0 Å². The van der Waals surface area contributed by atoms with E-state index in [1.165, 1.54) is 6.08 Å². The lowest BCUT2D eigenvalue weighted by atomic mass is 10.3. The Balaban J connectivity index is 2.14. The van der Waals surface area contributed by atoms with Crippen LogP contribution in [-0.2, 0) is 9.59 Å². The molecule has 5 nitrogen and oxygen atoms in total. The van der Waals surface area contributed by atoms with Crippen molar-refractivity contribution in [1.29, 1.82) is 0 Å². The van der Waals surface area contributed by atoms with E-state index >= 15 is 0 Å². The number of aliphatic carboxylic acids is 1. The number of benzene rings is 2. The van der Waals surface area contributed by atoms with Crippen LogP contribution in [0.2, 0.25) is 0 Å². The van der Waals surface area contributed by atoms with Crippen LogP contribution in [-0.4, -0.2) is 17.0 Å². The predicted octanol–water partition coefficient (Wildman–Crippen LogP) is 3.20. The average Bonchev–Trinajstić information content (AvgIpc) is 2.54. The molecule has 2 aromatic rings. The van der Waals surface area contributed by atoms with Crippen LogP contribution in [0.3, 0.4) is 0 Å². The van der Waals surface area contributed by atoms with E-state index in [1.54, 1.807) is 54.6 Å². The van der Waals surface area contributed by atoms with Crippen molar-refractivity contribution in [2.45, 2.75) is 0 Å². The molecule has 23 heavy (non-hydrogen) atoms. The molecule has 0 fully saturated rings. The maximum Gasteiger partial charge on any atom is 0.339 e. The third-order valence-electron chi connectivity index (χ3n) is 2.59. The fraction of sp³-hybridized carbons (Fsp3) is 0. The van der Waals surface area contributed by atoms with Crippen LogP contribution in [0, 0.1) is 0 Å². The van der Waals surface area contributed by atoms with Crippen molar-refractivity contribution >= 4 is 11.9 Å². The number of hydrogen-bond acceptors (Lipinski definition) is 4.